The van der Waals surface area contributed by atoms with Crippen molar-refractivity contribution in [3.8, 4) is 5.75 Å². The van der Waals surface area contributed by atoms with Crippen molar-refractivity contribution in [1.29, 1.82) is 0 Å². The standard InChI is InChI=1S/C30H32N2O4/c1-35-25-14-12-22(13-15-25)21-31-29(34)36-30(24-10-6-3-7-11-24)16-18-32(19-17-30)28(33)27-20-26(27)23-8-4-2-5-9-23/h2-15,26-27H,16-21H2,1H3,(H,31,34). The first-order valence-corrected chi connectivity index (χ1v) is 12.6. The van der Waals surface area contributed by atoms with Crippen LogP contribution in [0.1, 0.15) is 41.9 Å². The summed E-state index contributed by atoms with van der Waals surface area (Å²) in [5.74, 6) is 1.37. The van der Waals surface area contributed by atoms with Crippen LogP contribution in [0, 0.1) is 5.92 Å². The van der Waals surface area contributed by atoms with E-state index in [2.05, 4.69) is 17.4 Å². The quantitative estimate of drug-likeness (QED) is 0.498. The molecule has 0 spiro atoms. The normalized spacial score (nSPS) is 20.3. The highest BCUT2D eigenvalue weighted by molar-refractivity contribution is 5.83. The fourth-order valence-corrected chi connectivity index (χ4v) is 5.18. The topological polar surface area (TPSA) is 67.9 Å². The second-order valence-corrected chi connectivity index (χ2v) is 9.64. The number of nitrogens with one attached hydrogen (secondary N) is 1. The van der Waals surface area contributed by atoms with E-state index < -0.39 is 11.7 Å². The Kier molecular flexibility index (Phi) is 6.94. The molecular weight excluding hydrogens is 452 g/mol. The first-order chi connectivity index (χ1) is 17.6. The summed E-state index contributed by atoms with van der Waals surface area (Å²) in [5.41, 5.74) is 2.40. The number of amides is 2. The molecule has 0 bridgehead atoms. The van der Waals surface area contributed by atoms with E-state index in [1.165, 1.54) is 5.56 Å². The smallest absolute Gasteiger partial charge is 0.408 e. The molecule has 6 nitrogen and oxygen atoms in total. The average Bonchev–Trinajstić information content (AvgIpc) is 3.74. The molecule has 1 saturated heterocycles. The minimum Gasteiger partial charge on any atom is -0.497 e. The average molecular weight is 485 g/mol. The summed E-state index contributed by atoms with van der Waals surface area (Å²) in [7, 11) is 1.62. The van der Waals surface area contributed by atoms with E-state index in [1.54, 1.807) is 7.11 Å². The van der Waals surface area contributed by atoms with Crippen LogP contribution in [0.3, 0.4) is 0 Å². The van der Waals surface area contributed by atoms with Crippen LogP contribution in [0.15, 0.2) is 84.9 Å². The number of rotatable bonds is 7. The van der Waals surface area contributed by atoms with E-state index in [-0.39, 0.29) is 11.8 Å². The molecule has 3 aromatic rings. The monoisotopic (exact) mass is 484 g/mol. The molecule has 186 valence electrons. The van der Waals surface area contributed by atoms with E-state index in [0.29, 0.717) is 38.4 Å². The van der Waals surface area contributed by atoms with Gasteiger partial charge in [0.1, 0.15) is 11.4 Å². The van der Waals surface area contributed by atoms with E-state index in [0.717, 1.165) is 23.3 Å². The number of benzene rings is 3. The summed E-state index contributed by atoms with van der Waals surface area (Å²) in [6, 6.07) is 27.7. The van der Waals surface area contributed by atoms with Crippen molar-refractivity contribution in [3.05, 3.63) is 102 Å². The molecular formula is C30H32N2O4. The maximum Gasteiger partial charge on any atom is 0.408 e. The number of ether oxygens (including phenoxy) is 2. The van der Waals surface area contributed by atoms with Crippen molar-refractivity contribution < 1.29 is 19.1 Å². The second kappa shape index (κ2) is 10.4. The highest BCUT2D eigenvalue weighted by atomic mass is 16.6. The Morgan fingerprint density at radius 2 is 1.56 bits per heavy atom. The van der Waals surface area contributed by atoms with Crippen LogP contribution in [0.25, 0.3) is 0 Å². The summed E-state index contributed by atoms with van der Waals surface area (Å²) in [6.45, 7) is 1.50. The van der Waals surface area contributed by atoms with Gasteiger partial charge in [-0.05, 0) is 41.2 Å². The molecule has 2 aliphatic rings. The van der Waals surface area contributed by atoms with Gasteiger partial charge in [0.25, 0.3) is 0 Å². The van der Waals surface area contributed by atoms with Gasteiger partial charge in [-0.15, -0.1) is 0 Å². The highest BCUT2D eigenvalue weighted by Gasteiger charge is 2.48. The molecule has 2 fully saturated rings. The Hall–Kier alpha value is -3.80. The van der Waals surface area contributed by atoms with Gasteiger partial charge >= 0.3 is 6.09 Å². The third-order valence-electron chi connectivity index (χ3n) is 7.40. The lowest BCUT2D eigenvalue weighted by Gasteiger charge is -2.41. The van der Waals surface area contributed by atoms with Gasteiger partial charge in [-0.1, -0.05) is 72.8 Å². The molecule has 1 N–H and O–H groups in total. The number of methoxy groups -OCH3 is 1. The zero-order chi connectivity index (χ0) is 25.0. The van der Waals surface area contributed by atoms with Crippen LogP contribution in [-0.4, -0.2) is 37.1 Å². The Morgan fingerprint density at radius 3 is 2.19 bits per heavy atom. The minimum absolute atomic E-state index is 0.0605. The van der Waals surface area contributed by atoms with Gasteiger partial charge in [0, 0.05) is 38.4 Å². The number of nitrogens with zero attached hydrogens (tertiary/aromatic N) is 1. The third-order valence-corrected chi connectivity index (χ3v) is 7.40. The molecule has 3 aromatic carbocycles. The first kappa shape index (κ1) is 23.9. The van der Waals surface area contributed by atoms with Gasteiger partial charge in [0.05, 0.1) is 7.11 Å². The molecule has 0 aromatic heterocycles. The van der Waals surface area contributed by atoms with Crippen molar-refractivity contribution in [2.75, 3.05) is 20.2 Å². The van der Waals surface area contributed by atoms with Gasteiger partial charge < -0.3 is 19.7 Å². The zero-order valence-corrected chi connectivity index (χ0v) is 20.6. The molecule has 5 rings (SSSR count). The summed E-state index contributed by atoms with van der Waals surface area (Å²) in [6.07, 6.45) is 1.59. The Balaban J connectivity index is 1.22. The molecule has 1 aliphatic heterocycles. The largest absolute Gasteiger partial charge is 0.497 e. The van der Waals surface area contributed by atoms with Crippen molar-refractivity contribution in [2.45, 2.75) is 37.3 Å². The molecule has 2 amide bonds. The predicted molar refractivity (Wildman–Crippen MR) is 138 cm³/mol. The molecule has 1 heterocycles. The fraction of sp³-hybridized carbons (Fsp3) is 0.333. The Morgan fingerprint density at radius 1 is 0.917 bits per heavy atom. The predicted octanol–water partition coefficient (Wildman–Crippen LogP) is 5.24. The molecule has 1 saturated carbocycles. The van der Waals surface area contributed by atoms with Gasteiger partial charge in [-0.2, -0.15) is 0 Å². The zero-order valence-electron chi connectivity index (χ0n) is 20.6. The first-order valence-electron chi connectivity index (χ1n) is 12.6. The molecule has 36 heavy (non-hydrogen) atoms. The summed E-state index contributed by atoms with van der Waals surface area (Å²) in [4.78, 5) is 28.0. The van der Waals surface area contributed by atoms with Crippen molar-refractivity contribution in [2.24, 2.45) is 5.92 Å². The van der Waals surface area contributed by atoms with Crippen LogP contribution >= 0.6 is 0 Å². The van der Waals surface area contributed by atoms with Crippen LogP contribution in [-0.2, 0) is 21.7 Å². The Labute approximate surface area is 212 Å². The molecule has 1 aliphatic carbocycles. The maximum absolute atomic E-state index is 13.2. The number of hydrogen-bond acceptors (Lipinski definition) is 4. The third kappa shape index (κ3) is 5.23. The lowest BCUT2D eigenvalue weighted by Crippen LogP contribution is -2.48. The number of alkyl carbamates (subject to hydrolysis) is 1. The summed E-state index contributed by atoms with van der Waals surface area (Å²) < 4.78 is 11.3. The van der Waals surface area contributed by atoms with Crippen LogP contribution in [0.2, 0.25) is 0 Å². The van der Waals surface area contributed by atoms with Crippen LogP contribution < -0.4 is 10.1 Å². The van der Waals surface area contributed by atoms with Crippen molar-refractivity contribution >= 4 is 12.0 Å². The molecule has 0 radical (unpaired) electrons. The fourth-order valence-electron chi connectivity index (χ4n) is 5.18. The number of piperidine rings is 1. The van der Waals surface area contributed by atoms with E-state index in [9.17, 15) is 9.59 Å². The van der Waals surface area contributed by atoms with Gasteiger partial charge in [0.2, 0.25) is 5.91 Å². The summed E-state index contributed by atoms with van der Waals surface area (Å²) >= 11 is 0. The SMILES string of the molecule is COc1ccc(CNC(=O)OC2(c3ccccc3)CCN(C(=O)C3CC3c3ccccc3)CC2)cc1. The van der Waals surface area contributed by atoms with Gasteiger partial charge in [-0.25, -0.2) is 4.79 Å². The van der Waals surface area contributed by atoms with Crippen molar-refractivity contribution in [3.63, 3.8) is 0 Å². The number of likely N-dealkylation sites (tertiary alicyclic amines) is 1. The molecule has 2 unspecified atom stereocenters. The number of carbonyl (C=O) groups is 2. The summed E-state index contributed by atoms with van der Waals surface area (Å²) in [5, 5.41) is 2.88. The maximum atomic E-state index is 13.2. The van der Waals surface area contributed by atoms with Crippen molar-refractivity contribution in [1.82, 2.24) is 10.2 Å². The Bertz CT molecular complexity index is 1170. The van der Waals surface area contributed by atoms with E-state index >= 15 is 0 Å². The van der Waals surface area contributed by atoms with E-state index in [4.69, 9.17) is 9.47 Å². The highest BCUT2D eigenvalue weighted by Crippen LogP contribution is 2.49. The van der Waals surface area contributed by atoms with E-state index in [1.807, 2.05) is 77.7 Å². The number of carbonyl (C=O) groups excluding carboxylic acids is 2. The second-order valence-electron chi connectivity index (χ2n) is 9.64. The number of hydrogen-bond donors (Lipinski definition) is 1. The molecule has 2 atom stereocenters. The van der Waals surface area contributed by atoms with Gasteiger partial charge in [-0.3, -0.25) is 4.79 Å². The lowest BCUT2D eigenvalue weighted by molar-refractivity contribution is -0.137. The van der Waals surface area contributed by atoms with Gasteiger partial charge in [0.15, 0.2) is 0 Å². The lowest BCUT2D eigenvalue weighted by atomic mass is 9.84. The van der Waals surface area contributed by atoms with Crippen LogP contribution in [0.4, 0.5) is 4.79 Å². The van der Waals surface area contributed by atoms with Crippen LogP contribution in [0.5, 0.6) is 5.75 Å². The molecule has 6 heteroatoms. The minimum atomic E-state index is -0.760.